The standard InChI is InChI=1S/C22H23N3O4/c1-4-20(22(27)23-16-12-17(28-2)14-18(13-16)29-3)25-21(26)11-10-19(24-25)15-8-6-5-7-9-15/h5-14,20H,4H2,1-3H3,(H,23,27)/t20-/m1/s1. The number of rotatable bonds is 7. The van der Waals surface area contributed by atoms with E-state index >= 15 is 0 Å². The van der Waals surface area contributed by atoms with Crippen LogP contribution in [-0.4, -0.2) is 29.9 Å². The highest BCUT2D eigenvalue weighted by Gasteiger charge is 2.22. The molecule has 0 saturated heterocycles. The van der Waals surface area contributed by atoms with E-state index in [1.165, 1.54) is 25.0 Å². The van der Waals surface area contributed by atoms with Crippen LogP contribution in [0.3, 0.4) is 0 Å². The second kappa shape index (κ2) is 9.05. The number of hydrogen-bond acceptors (Lipinski definition) is 5. The molecule has 2 aromatic carbocycles. The highest BCUT2D eigenvalue weighted by molar-refractivity contribution is 5.94. The molecule has 29 heavy (non-hydrogen) atoms. The second-order valence-corrected chi connectivity index (χ2v) is 6.38. The van der Waals surface area contributed by atoms with E-state index in [4.69, 9.17) is 9.47 Å². The molecular weight excluding hydrogens is 370 g/mol. The molecule has 1 amide bonds. The predicted octanol–water partition coefficient (Wildman–Crippen LogP) is 3.52. The molecule has 1 aromatic heterocycles. The van der Waals surface area contributed by atoms with Crippen molar-refractivity contribution in [2.45, 2.75) is 19.4 Å². The molecule has 1 heterocycles. The average molecular weight is 393 g/mol. The molecule has 7 nitrogen and oxygen atoms in total. The number of amides is 1. The zero-order valence-corrected chi connectivity index (χ0v) is 16.6. The fourth-order valence-corrected chi connectivity index (χ4v) is 2.99. The smallest absolute Gasteiger partial charge is 0.267 e. The summed E-state index contributed by atoms with van der Waals surface area (Å²) in [4.78, 5) is 25.4. The molecule has 3 aromatic rings. The second-order valence-electron chi connectivity index (χ2n) is 6.38. The maximum atomic E-state index is 13.0. The van der Waals surface area contributed by atoms with E-state index in [2.05, 4.69) is 10.4 Å². The number of nitrogens with zero attached hydrogens (tertiary/aromatic N) is 2. The van der Waals surface area contributed by atoms with Crippen molar-refractivity contribution in [1.29, 1.82) is 0 Å². The monoisotopic (exact) mass is 393 g/mol. The molecule has 0 fully saturated rings. The first-order valence-electron chi connectivity index (χ1n) is 9.25. The molecule has 0 saturated carbocycles. The van der Waals surface area contributed by atoms with Crippen LogP contribution in [0.25, 0.3) is 11.3 Å². The van der Waals surface area contributed by atoms with Gasteiger partial charge in [-0.15, -0.1) is 0 Å². The van der Waals surface area contributed by atoms with Gasteiger partial charge in [0.05, 0.1) is 19.9 Å². The van der Waals surface area contributed by atoms with Gasteiger partial charge in [-0.05, 0) is 12.5 Å². The van der Waals surface area contributed by atoms with Crippen molar-refractivity contribution in [3.63, 3.8) is 0 Å². The largest absolute Gasteiger partial charge is 0.497 e. The van der Waals surface area contributed by atoms with Crippen molar-refractivity contribution in [2.24, 2.45) is 0 Å². The van der Waals surface area contributed by atoms with Gasteiger partial charge in [-0.1, -0.05) is 37.3 Å². The topological polar surface area (TPSA) is 82.4 Å². The van der Waals surface area contributed by atoms with Crippen molar-refractivity contribution in [2.75, 3.05) is 19.5 Å². The summed E-state index contributed by atoms with van der Waals surface area (Å²) in [5, 5.41) is 7.27. The molecule has 0 aliphatic rings. The third-order valence-corrected chi connectivity index (χ3v) is 4.50. The Morgan fingerprint density at radius 2 is 1.69 bits per heavy atom. The summed E-state index contributed by atoms with van der Waals surface area (Å²) < 4.78 is 11.7. The molecule has 0 radical (unpaired) electrons. The van der Waals surface area contributed by atoms with Crippen LogP contribution in [0, 0.1) is 0 Å². The van der Waals surface area contributed by atoms with E-state index in [9.17, 15) is 9.59 Å². The molecule has 150 valence electrons. The van der Waals surface area contributed by atoms with Gasteiger partial charge < -0.3 is 14.8 Å². The van der Waals surface area contributed by atoms with Crippen LogP contribution in [0.15, 0.2) is 65.5 Å². The van der Waals surface area contributed by atoms with E-state index in [0.29, 0.717) is 29.3 Å². The number of nitrogens with one attached hydrogen (secondary N) is 1. The Bertz CT molecular complexity index is 1030. The zero-order valence-electron chi connectivity index (χ0n) is 16.6. The summed E-state index contributed by atoms with van der Waals surface area (Å²) in [7, 11) is 3.07. The summed E-state index contributed by atoms with van der Waals surface area (Å²) in [6.45, 7) is 1.83. The van der Waals surface area contributed by atoms with Gasteiger partial charge >= 0.3 is 0 Å². The fourth-order valence-electron chi connectivity index (χ4n) is 2.99. The van der Waals surface area contributed by atoms with Crippen LogP contribution >= 0.6 is 0 Å². The molecule has 0 aliphatic carbocycles. The fraction of sp³-hybridized carbons (Fsp3) is 0.227. The Morgan fingerprint density at radius 1 is 1.03 bits per heavy atom. The third kappa shape index (κ3) is 4.63. The van der Waals surface area contributed by atoms with Crippen LogP contribution < -0.4 is 20.3 Å². The first-order valence-corrected chi connectivity index (χ1v) is 9.25. The summed E-state index contributed by atoms with van der Waals surface area (Å²) in [5.74, 6) is 0.755. The summed E-state index contributed by atoms with van der Waals surface area (Å²) in [5.41, 5.74) is 1.67. The van der Waals surface area contributed by atoms with Crippen molar-refractivity contribution in [3.8, 4) is 22.8 Å². The van der Waals surface area contributed by atoms with Gasteiger partial charge in [-0.2, -0.15) is 5.10 Å². The zero-order chi connectivity index (χ0) is 20.8. The lowest BCUT2D eigenvalue weighted by atomic mass is 10.1. The van der Waals surface area contributed by atoms with E-state index in [0.717, 1.165) is 5.56 Å². The molecule has 3 rings (SSSR count). The van der Waals surface area contributed by atoms with Crippen LogP contribution in [0.2, 0.25) is 0 Å². The van der Waals surface area contributed by atoms with Gasteiger partial charge in [0.15, 0.2) is 0 Å². The van der Waals surface area contributed by atoms with E-state index in [-0.39, 0.29) is 11.5 Å². The van der Waals surface area contributed by atoms with Gasteiger partial charge in [0.1, 0.15) is 17.5 Å². The van der Waals surface area contributed by atoms with Crippen LogP contribution in [0.5, 0.6) is 11.5 Å². The Hall–Kier alpha value is -3.61. The van der Waals surface area contributed by atoms with Gasteiger partial charge in [-0.3, -0.25) is 9.59 Å². The quantitative estimate of drug-likeness (QED) is 0.664. The molecule has 1 atom stereocenters. The van der Waals surface area contributed by atoms with E-state index < -0.39 is 6.04 Å². The molecular formula is C22H23N3O4. The molecule has 0 aliphatic heterocycles. The number of aromatic nitrogens is 2. The molecule has 0 bridgehead atoms. The number of carbonyl (C=O) groups excluding carboxylic acids is 1. The summed E-state index contributed by atoms with van der Waals surface area (Å²) in [6, 6.07) is 16.9. The van der Waals surface area contributed by atoms with Crippen LogP contribution in [0.1, 0.15) is 19.4 Å². The first-order chi connectivity index (χ1) is 14.0. The van der Waals surface area contributed by atoms with E-state index in [1.54, 1.807) is 24.3 Å². The minimum absolute atomic E-state index is 0.338. The number of ether oxygens (including phenoxy) is 2. The predicted molar refractivity (Wildman–Crippen MR) is 111 cm³/mol. The van der Waals surface area contributed by atoms with Crippen LogP contribution in [-0.2, 0) is 4.79 Å². The van der Waals surface area contributed by atoms with Crippen molar-refractivity contribution >= 4 is 11.6 Å². The molecule has 7 heteroatoms. The SMILES string of the molecule is CC[C@H](C(=O)Nc1cc(OC)cc(OC)c1)n1nc(-c2ccccc2)ccc1=O. The maximum absolute atomic E-state index is 13.0. The number of hydrogen-bond donors (Lipinski definition) is 1. The van der Waals surface area contributed by atoms with E-state index in [1.807, 2.05) is 37.3 Å². The molecule has 0 unspecified atom stereocenters. The Morgan fingerprint density at radius 3 is 2.28 bits per heavy atom. The van der Waals surface area contributed by atoms with Gasteiger partial charge in [0, 0.05) is 35.5 Å². The number of benzene rings is 2. The Kier molecular flexibility index (Phi) is 6.29. The Labute approximate surface area is 168 Å². The summed E-state index contributed by atoms with van der Waals surface area (Å²) >= 11 is 0. The maximum Gasteiger partial charge on any atom is 0.267 e. The highest BCUT2D eigenvalue weighted by atomic mass is 16.5. The van der Waals surface area contributed by atoms with Crippen molar-refractivity contribution in [1.82, 2.24) is 9.78 Å². The van der Waals surface area contributed by atoms with Gasteiger partial charge in [0.2, 0.25) is 5.91 Å². The highest BCUT2D eigenvalue weighted by Crippen LogP contribution is 2.26. The minimum Gasteiger partial charge on any atom is -0.497 e. The third-order valence-electron chi connectivity index (χ3n) is 4.50. The van der Waals surface area contributed by atoms with Crippen molar-refractivity contribution < 1.29 is 14.3 Å². The molecule has 0 spiro atoms. The van der Waals surface area contributed by atoms with Crippen molar-refractivity contribution in [3.05, 3.63) is 71.0 Å². The lowest BCUT2D eigenvalue weighted by molar-refractivity contribution is -0.119. The first kappa shape index (κ1) is 20.1. The normalized spacial score (nSPS) is 11.6. The van der Waals surface area contributed by atoms with Crippen LogP contribution in [0.4, 0.5) is 5.69 Å². The van der Waals surface area contributed by atoms with Gasteiger partial charge in [-0.25, -0.2) is 4.68 Å². The molecule has 1 N–H and O–H groups in total. The Balaban J connectivity index is 1.91. The number of carbonyl (C=O) groups is 1. The average Bonchev–Trinajstić information content (AvgIpc) is 2.75. The number of methoxy groups -OCH3 is 2. The lowest BCUT2D eigenvalue weighted by Crippen LogP contribution is -2.34. The lowest BCUT2D eigenvalue weighted by Gasteiger charge is -2.18. The summed E-state index contributed by atoms with van der Waals surface area (Å²) in [6.07, 6.45) is 0.401. The minimum atomic E-state index is -0.761. The van der Waals surface area contributed by atoms with Gasteiger partial charge in [0.25, 0.3) is 5.56 Å². The number of anilines is 1.